The second kappa shape index (κ2) is 13.3. The molecule has 0 saturated carbocycles. The van der Waals surface area contributed by atoms with E-state index in [9.17, 15) is 13.2 Å². The van der Waals surface area contributed by atoms with Gasteiger partial charge in [0.15, 0.2) is 5.75 Å². The molecule has 0 radical (unpaired) electrons. The fraction of sp³-hybridized carbons (Fsp3) is 0.393. The van der Waals surface area contributed by atoms with Crippen molar-refractivity contribution in [2.75, 3.05) is 36.3 Å². The number of nitrogens with two attached hydrogens (primary N) is 1. The molecule has 10 nitrogen and oxygen atoms in total. The van der Waals surface area contributed by atoms with Gasteiger partial charge in [-0.05, 0) is 56.2 Å². The summed E-state index contributed by atoms with van der Waals surface area (Å²) in [6, 6.07) is 12.3. The van der Waals surface area contributed by atoms with Crippen molar-refractivity contribution in [1.29, 1.82) is 10.8 Å². The third-order valence-electron chi connectivity index (χ3n) is 6.38. The molecule has 0 aromatic heterocycles. The highest BCUT2D eigenvalue weighted by molar-refractivity contribution is 7.93. The Balaban J connectivity index is 1.82. The number of anilines is 1. The van der Waals surface area contributed by atoms with Gasteiger partial charge in [-0.15, -0.1) is 0 Å². The molecule has 0 bridgehead atoms. The van der Waals surface area contributed by atoms with Crippen LogP contribution in [0.5, 0.6) is 5.75 Å². The number of aryl methyl sites for hydroxylation is 1. The van der Waals surface area contributed by atoms with Gasteiger partial charge in [0.05, 0.1) is 24.7 Å². The summed E-state index contributed by atoms with van der Waals surface area (Å²) >= 11 is 0. The monoisotopic (exact) mass is 555 g/mol. The Bertz CT molecular complexity index is 1330. The molecule has 0 atom stereocenters. The molecule has 1 fully saturated rings. The number of carbonyl (C=O) groups is 1. The first-order valence-corrected chi connectivity index (χ1v) is 14.5. The zero-order valence-corrected chi connectivity index (χ0v) is 23.5. The summed E-state index contributed by atoms with van der Waals surface area (Å²) < 4.78 is 38.9. The fourth-order valence-electron chi connectivity index (χ4n) is 4.37. The lowest BCUT2D eigenvalue weighted by atomic mass is 10.1. The number of nitrogens with one attached hydrogen (secondary N) is 2. The Morgan fingerprint density at radius 3 is 2.51 bits per heavy atom. The highest BCUT2D eigenvalue weighted by Crippen LogP contribution is 2.29. The Hall–Kier alpha value is -3.86. The van der Waals surface area contributed by atoms with Crippen molar-refractivity contribution in [2.24, 2.45) is 5.73 Å². The molecule has 1 aliphatic rings. The third-order valence-corrected chi connectivity index (χ3v) is 7.99. The lowest BCUT2D eigenvalue weighted by Crippen LogP contribution is -2.40. The third kappa shape index (κ3) is 8.31. The largest absolute Gasteiger partial charge is 0.490 e. The Morgan fingerprint density at radius 1 is 1.18 bits per heavy atom. The predicted octanol–water partition coefficient (Wildman–Crippen LogP) is 3.53. The van der Waals surface area contributed by atoms with Gasteiger partial charge in [-0.1, -0.05) is 30.4 Å². The van der Waals surface area contributed by atoms with E-state index in [1.807, 2.05) is 11.0 Å². The van der Waals surface area contributed by atoms with E-state index in [1.165, 1.54) is 4.31 Å². The number of hydrogen-bond acceptors (Lipinski definition) is 7. The van der Waals surface area contributed by atoms with Crippen molar-refractivity contribution >= 4 is 39.4 Å². The molecule has 0 unspecified atom stereocenters. The van der Waals surface area contributed by atoms with E-state index in [-0.39, 0.29) is 25.1 Å². The summed E-state index contributed by atoms with van der Waals surface area (Å²) in [4.78, 5) is 14.1. The number of hydrogen-bond donors (Lipinski definition) is 3. The van der Waals surface area contributed by atoms with Crippen LogP contribution in [0.1, 0.15) is 43.4 Å². The molecule has 1 aliphatic heterocycles. The number of likely N-dealkylation sites (tertiary alicyclic amines) is 1. The second-order valence-corrected chi connectivity index (χ2v) is 11.3. The summed E-state index contributed by atoms with van der Waals surface area (Å²) in [6.45, 7) is 6.80. The topological polar surface area (TPSA) is 150 Å². The Kier molecular flexibility index (Phi) is 10.1. The second-order valence-electron chi connectivity index (χ2n) is 9.37. The molecule has 2 aromatic rings. The van der Waals surface area contributed by atoms with E-state index in [1.54, 1.807) is 69.3 Å². The van der Waals surface area contributed by atoms with Crippen molar-refractivity contribution in [2.45, 2.75) is 39.7 Å². The summed E-state index contributed by atoms with van der Waals surface area (Å²) in [5.41, 5.74) is 8.01. The van der Waals surface area contributed by atoms with E-state index >= 15 is 0 Å². The number of esters is 1. The van der Waals surface area contributed by atoms with Crippen LogP contribution in [0.25, 0.3) is 6.08 Å². The van der Waals surface area contributed by atoms with Crippen LogP contribution in [0.2, 0.25) is 0 Å². The van der Waals surface area contributed by atoms with Crippen molar-refractivity contribution in [3.63, 3.8) is 0 Å². The van der Waals surface area contributed by atoms with Crippen molar-refractivity contribution < 1.29 is 22.7 Å². The van der Waals surface area contributed by atoms with Gasteiger partial charge < -0.3 is 20.1 Å². The van der Waals surface area contributed by atoms with Crippen LogP contribution in [0, 0.1) is 17.7 Å². The number of rotatable bonds is 11. The number of sulfonamides is 1. The standard InChI is InChI=1S/C28H37N5O5S/c1-4-37-27(34)19-39(35,36)33(14-6-8-22-7-5-9-23(18-22)28(30)31)26-11-10-25(17-20(26)2)38-24-12-15-32(16-13-24)21(3)29/h5-11,17-18,24,29H,4,12-16,19H2,1-3H3,(H3,30,31)/b8-6+,29-21?. The number of nitrogen functional groups attached to an aromatic ring is 1. The number of piperidine rings is 1. The van der Waals surface area contributed by atoms with Gasteiger partial charge in [-0.3, -0.25) is 19.9 Å². The van der Waals surface area contributed by atoms with Crippen LogP contribution >= 0.6 is 0 Å². The normalized spacial score (nSPS) is 14.3. The zero-order chi connectivity index (χ0) is 28.6. The minimum atomic E-state index is -4.06. The SMILES string of the molecule is CCOC(=O)CS(=O)(=O)N(C/C=C/c1cccc(C(=N)N)c1)c1ccc(OC2CCN(C(C)=N)CC2)cc1C. The molecule has 3 rings (SSSR count). The molecular weight excluding hydrogens is 518 g/mol. The Morgan fingerprint density at radius 2 is 1.90 bits per heavy atom. The van der Waals surface area contributed by atoms with Gasteiger partial charge in [0.2, 0.25) is 10.0 Å². The van der Waals surface area contributed by atoms with Gasteiger partial charge in [0, 0.05) is 31.5 Å². The zero-order valence-electron chi connectivity index (χ0n) is 22.6. The van der Waals surface area contributed by atoms with Crippen LogP contribution < -0.4 is 14.8 Å². The van der Waals surface area contributed by atoms with Crippen molar-refractivity contribution in [1.82, 2.24) is 4.90 Å². The Labute approximate surface area is 230 Å². The van der Waals surface area contributed by atoms with Gasteiger partial charge >= 0.3 is 5.97 Å². The van der Waals surface area contributed by atoms with Gasteiger partial charge in [0.25, 0.3) is 0 Å². The first-order valence-electron chi connectivity index (χ1n) is 12.8. The molecule has 11 heteroatoms. The van der Waals surface area contributed by atoms with Crippen LogP contribution in [-0.4, -0.2) is 69.1 Å². The number of benzene rings is 2. The first kappa shape index (κ1) is 29.7. The quantitative estimate of drug-likeness (QED) is 0.218. The first-order chi connectivity index (χ1) is 18.5. The molecule has 1 heterocycles. The minimum Gasteiger partial charge on any atom is -0.490 e. The predicted molar refractivity (Wildman–Crippen MR) is 154 cm³/mol. The molecule has 39 heavy (non-hydrogen) atoms. The van der Waals surface area contributed by atoms with Crippen LogP contribution in [0.3, 0.4) is 0 Å². The number of carbonyl (C=O) groups excluding carboxylic acids is 1. The van der Waals surface area contributed by atoms with E-state index in [2.05, 4.69) is 0 Å². The molecule has 4 N–H and O–H groups in total. The molecule has 210 valence electrons. The summed E-state index contributed by atoms with van der Waals surface area (Å²) in [5.74, 6) is -0.460. The van der Waals surface area contributed by atoms with Crippen molar-refractivity contribution in [3.05, 3.63) is 65.2 Å². The smallest absolute Gasteiger partial charge is 0.323 e. The maximum absolute atomic E-state index is 13.3. The molecule has 1 saturated heterocycles. The van der Waals surface area contributed by atoms with Crippen LogP contribution in [-0.2, 0) is 19.6 Å². The number of amidine groups is 2. The lowest BCUT2D eigenvalue weighted by molar-refractivity contribution is -0.139. The molecular formula is C28H37N5O5S. The highest BCUT2D eigenvalue weighted by Gasteiger charge is 2.27. The van der Waals surface area contributed by atoms with E-state index in [0.717, 1.165) is 31.5 Å². The van der Waals surface area contributed by atoms with Gasteiger partial charge in [-0.25, -0.2) is 8.42 Å². The molecule has 2 aromatic carbocycles. The van der Waals surface area contributed by atoms with E-state index in [0.29, 0.717) is 28.4 Å². The maximum atomic E-state index is 13.3. The molecule has 0 amide bonds. The highest BCUT2D eigenvalue weighted by atomic mass is 32.2. The minimum absolute atomic E-state index is 0.0169. The van der Waals surface area contributed by atoms with E-state index in [4.69, 9.17) is 26.0 Å². The van der Waals surface area contributed by atoms with Crippen LogP contribution in [0.15, 0.2) is 48.5 Å². The average Bonchev–Trinajstić information content (AvgIpc) is 2.87. The molecule has 0 spiro atoms. The summed E-state index contributed by atoms with van der Waals surface area (Å²) in [6.07, 6.45) is 5.04. The summed E-state index contributed by atoms with van der Waals surface area (Å²) in [7, 11) is -4.06. The number of nitrogens with zero attached hydrogens (tertiary/aromatic N) is 2. The molecule has 0 aliphatic carbocycles. The lowest BCUT2D eigenvalue weighted by Gasteiger charge is -2.33. The van der Waals surface area contributed by atoms with E-state index < -0.39 is 21.7 Å². The average molecular weight is 556 g/mol. The van der Waals surface area contributed by atoms with Gasteiger partial charge in [0.1, 0.15) is 17.7 Å². The maximum Gasteiger partial charge on any atom is 0.323 e. The number of ether oxygens (including phenoxy) is 2. The van der Waals surface area contributed by atoms with Gasteiger partial charge in [-0.2, -0.15) is 0 Å². The van der Waals surface area contributed by atoms with Crippen LogP contribution in [0.4, 0.5) is 5.69 Å². The summed E-state index contributed by atoms with van der Waals surface area (Å²) in [5, 5.41) is 15.4. The van der Waals surface area contributed by atoms with Crippen molar-refractivity contribution in [3.8, 4) is 5.75 Å². The fourth-order valence-corrected chi connectivity index (χ4v) is 5.72.